The Kier molecular flexibility index (Phi) is 5.39. The van der Waals surface area contributed by atoms with Crippen LogP contribution in [-0.4, -0.2) is 33.1 Å². The number of fused-ring (bicyclic) bond motifs is 2. The van der Waals surface area contributed by atoms with E-state index in [-0.39, 0.29) is 11.4 Å². The summed E-state index contributed by atoms with van der Waals surface area (Å²) in [5, 5.41) is 14.7. The molecule has 168 valence electrons. The van der Waals surface area contributed by atoms with Crippen LogP contribution in [0.4, 0.5) is 0 Å². The van der Waals surface area contributed by atoms with Gasteiger partial charge in [0.1, 0.15) is 11.3 Å². The molecule has 0 spiro atoms. The highest BCUT2D eigenvalue weighted by Crippen LogP contribution is 2.27. The Morgan fingerprint density at radius 1 is 1.09 bits per heavy atom. The van der Waals surface area contributed by atoms with Crippen LogP contribution in [0.1, 0.15) is 12.5 Å². The lowest BCUT2D eigenvalue weighted by Crippen LogP contribution is -2.22. The number of aromatic nitrogens is 2. The zero-order valence-electron chi connectivity index (χ0n) is 18.1. The summed E-state index contributed by atoms with van der Waals surface area (Å²) < 4.78 is 12.5. The van der Waals surface area contributed by atoms with E-state index >= 15 is 0 Å². The second-order valence-corrected chi connectivity index (χ2v) is 7.63. The molecule has 0 saturated heterocycles. The third-order valence-corrected chi connectivity index (χ3v) is 5.26. The predicted molar refractivity (Wildman–Crippen MR) is 128 cm³/mol. The van der Waals surface area contributed by atoms with Crippen molar-refractivity contribution < 1.29 is 19.1 Å². The van der Waals surface area contributed by atoms with Crippen LogP contribution in [0.3, 0.4) is 0 Å². The Bertz CT molecular complexity index is 1570. The molecule has 1 atom stereocenters. The van der Waals surface area contributed by atoms with Crippen LogP contribution in [-0.2, 0) is 4.79 Å². The number of carboxylic acid groups (broad SMARTS) is 1. The molecule has 8 heteroatoms. The molecule has 0 bridgehead atoms. The highest BCUT2D eigenvalue weighted by Gasteiger charge is 2.16. The Labute approximate surface area is 193 Å². The van der Waals surface area contributed by atoms with E-state index in [1.807, 2.05) is 36.4 Å². The molecule has 8 nitrogen and oxygen atoms in total. The summed E-state index contributed by atoms with van der Waals surface area (Å²) in [4.78, 5) is 28.9. The minimum Gasteiger partial charge on any atom is -0.479 e. The van der Waals surface area contributed by atoms with Crippen LogP contribution < -0.4 is 10.3 Å². The summed E-state index contributed by atoms with van der Waals surface area (Å²) in [5.41, 5.74) is 1.59. The predicted octanol–water partition coefficient (Wildman–Crippen LogP) is 4.54. The van der Waals surface area contributed by atoms with Gasteiger partial charge in [-0.1, -0.05) is 30.3 Å². The van der Waals surface area contributed by atoms with Crippen LogP contribution in [0.2, 0.25) is 0 Å². The van der Waals surface area contributed by atoms with E-state index in [0.29, 0.717) is 33.6 Å². The van der Waals surface area contributed by atoms with Crippen LogP contribution in [0.25, 0.3) is 33.5 Å². The van der Waals surface area contributed by atoms with Crippen molar-refractivity contribution in [3.8, 4) is 17.3 Å². The van der Waals surface area contributed by atoms with Crippen molar-refractivity contribution in [2.75, 3.05) is 0 Å². The highest BCUT2D eigenvalue weighted by atomic mass is 16.5. The van der Waals surface area contributed by atoms with Gasteiger partial charge < -0.3 is 14.3 Å². The van der Waals surface area contributed by atoms with E-state index in [0.717, 1.165) is 5.39 Å². The fraction of sp³-hybridized carbons (Fsp3) is 0.0769. The second-order valence-electron chi connectivity index (χ2n) is 7.63. The Hall–Kier alpha value is -4.72. The van der Waals surface area contributed by atoms with E-state index in [1.54, 1.807) is 42.5 Å². The smallest absolute Gasteiger partial charge is 0.344 e. The molecule has 1 N–H and O–H groups in total. The van der Waals surface area contributed by atoms with Gasteiger partial charge in [-0.15, -0.1) is 0 Å². The first kappa shape index (κ1) is 21.1. The third kappa shape index (κ3) is 4.04. The van der Waals surface area contributed by atoms with Crippen molar-refractivity contribution in [2.24, 2.45) is 5.10 Å². The van der Waals surface area contributed by atoms with Gasteiger partial charge in [-0.3, -0.25) is 4.79 Å². The molecule has 2 heterocycles. The summed E-state index contributed by atoms with van der Waals surface area (Å²) in [6, 6.07) is 23.2. The summed E-state index contributed by atoms with van der Waals surface area (Å²) in [5.74, 6) is 0.0745. The number of para-hydroxylation sites is 2. The zero-order valence-corrected chi connectivity index (χ0v) is 18.1. The first-order chi connectivity index (χ1) is 16.5. The van der Waals surface area contributed by atoms with Crippen molar-refractivity contribution in [2.45, 2.75) is 13.0 Å². The maximum absolute atomic E-state index is 13.3. The molecule has 0 fully saturated rings. The SMILES string of the molecule is C[C@@H](Oc1ccc(C=Nn2c(-c3cc4ccccc4o3)nc3ccccc3c2=O)cc1)C(=O)O. The number of carbonyl (C=O) groups is 1. The molecule has 0 aliphatic heterocycles. The van der Waals surface area contributed by atoms with Gasteiger partial charge in [0.15, 0.2) is 11.9 Å². The van der Waals surface area contributed by atoms with Gasteiger partial charge in [0, 0.05) is 5.39 Å². The number of aliphatic carboxylic acids is 1. The Morgan fingerprint density at radius 3 is 2.59 bits per heavy atom. The summed E-state index contributed by atoms with van der Waals surface area (Å²) in [6.07, 6.45) is 0.558. The minimum atomic E-state index is -1.05. The topological polar surface area (TPSA) is 107 Å². The lowest BCUT2D eigenvalue weighted by molar-refractivity contribution is -0.144. The van der Waals surface area contributed by atoms with Crippen molar-refractivity contribution >= 4 is 34.1 Å². The van der Waals surface area contributed by atoms with E-state index < -0.39 is 12.1 Å². The maximum atomic E-state index is 13.3. The van der Waals surface area contributed by atoms with Gasteiger partial charge in [0.2, 0.25) is 5.82 Å². The van der Waals surface area contributed by atoms with Gasteiger partial charge in [0.05, 0.1) is 17.1 Å². The number of benzene rings is 3. The minimum absolute atomic E-state index is 0.284. The summed E-state index contributed by atoms with van der Waals surface area (Å²) in [7, 11) is 0. The first-order valence-electron chi connectivity index (χ1n) is 10.5. The molecule has 2 aromatic heterocycles. The van der Waals surface area contributed by atoms with Crippen molar-refractivity contribution in [1.29, 1.82) is 0 Å². The van der Waals surface area contributed by atoms with E-state index in [1.165, 1.54) is 17.8 Å². The monoisotopic (exact) mass is 453 g/mol. The number of furan rings is 1. The molecular weight excluding hydrogens is 434 g/mol. The average molecular weight is 453 g/mol. The number of rotatable bonds is 6. The molecule has 0 saturated carbocycles. The normalized spacial score (nSPS) is 12.4. The maximum Gasteiger partial charge on any atom is 0.344 e. The molecule has 0 amide bonds. The highest BCUT2D eigenvalue weighted by molar-refractivity contribution is 5.84. The fourth-order valence-electron chi connectivity index (χ4n) is 3.49. The van der Waals surface area contributed by atoms with Crippen LogP contribution >= 0.6 is 0 Å². The molecular formula is C26H19N3O5. The third-order valence-electron chi connectivity index (χ3n) is 5.26. The van der Waals surface area contributed by atoms with Crippen molar-refractivity contribution in [1.82, 2.24) is 9.66 Å². The van der Waals surface area contributed by atoms with E-state index in [2.05, 4.69) is 10.1 Å². The zero-order chi connectivity index (χ0) is 23.7. The quantitative estimate of drug-likeness (QED) is 0.378. The standard InChI is InChI=1S/C26H19N3O5/c1-16(26(31)32)33-19-12-10-17(11-13-19)15-27-29-24(23-14-18-6-2-5-9-22(18)34-23)28-21-8-4-3-7-20(21)25(29)30/h2-16H,1H3,(H,31,32)/t16-/m1/s1. The Balaban J connectivity index is 1.56. The molecule has 5 rings (SSSR count). The molecule has 3 aromatic carbocycles. The number of nitrogens with zero attached hydrogens (tertiary/aromatic N) is 3. The number of carboxylic acids is 1. The first-order valence-corrected chi connectivity index (χ1v) is 10.5. The van der Waals surface area contributed by atoms with Crippen LogP contribution in [0.15, 0.2) is 93.2 Å². The van der Waals surface area contributed by atoms with Crippen molar-refractivity contribution in [3.63, 3.8) is 0 Å². The summed E-state index contributed by atoms with van der Waals surface area (Å²) >= 11 is 0. The lowest BCUT2D eigenvalue weighted by atomic mass is 10.2. The van der Waals surface area contributed by atoms with Gasteiger partial charge in [-0.05, 0) is 61.0 Å². The fourth-order valence-corrected chi connectivity index (χ4v) is 3.49. The summed E-state index contributed by atoms with van der Waals surface area (Å²) in [6.45, 7) is 1.45. The molecule has 0 radical (unpaired) electrons. The van der Waals surface area contributed by atoms with E-state index in [4.69, 9.17) is 14.3 Å². The molecule has 0 aliphatic carbocycles. The van der Waals surface area contributed by atoms with Crippen LogP contribution in [0.5, 0.6) is 5.75 Å². The van der Waals surface area contributed by atoms with Gasteiger partial charge >= 0.3 is 5.97 Å². The number of hydrogen-bond donors (Lipinski definition) is 1. The average Bonchev–Trinajstić information content (AvgIpc) is 3.28. The molecule has 34 heavy (non-hydrogen) atoms. The molecule has 0 unspecified atom stereocenters. The van der Waals surface area contributed by atoms with Gasteiger partial charge in [-0.2, -0.15) is 9.78 Å². The van der Waals surface area contributed by atoms with Gasteiger partial charge in [-0.25, -0.2) is 9.78 Å². The van der Waals surface area contributed by atoms with Gasteiger partial charge in [0.25, 0.3) is 5.56 Å². The lowest BCUT2D eigenvalue weighted by Gasteiger charge is -2.10. The molecule has 5 aromatic rings. The number of hydrogen-bond acceptors (Lipinski definition) is 6. The molecule has 0 aliphatic rings. The Morgan fingerprint density at radius 2 is 1.82 bits per heavy atom. The largest absolute Gasteiger partial charge is 0.479 e. The van der Waals surface area contributed by atoms with Crippen molar-refractivity contribution in [3.05, 3.63) is 94.8 Å². The van der Waals surface area contributed by atoms with E-state index in [9.17, 15) is 9.59 Å². The second kappa shape index (κ2) is 8.67. The van der Waals surface area contributed by atoms with Crippen LogP contribution in [0, 0.1) is 0 Å². The number of ether oxygens (including phenoxy) is 1.